The molecule has 1 heterocycles. The average Bonchev–Trinajstić information content (AvgIpc) is 2.38. The van der Waals surface area contributed by atoms with E-state index >= 15 is 0 Å². The number of hydrogen-bond donors (Lipinski definition) is 0. The van der Waals surface area contributed by atoms with Gasteiger partial charge in [0.05, 0.1) is 23.2 Å². The summed E-state index contributed by atoms with van der Waals surface area (Å²) in [4.78, 5) is 2.16. The number of nitrogens with zero attached hydrogens (tertiary/aromatic N) is 3. The molecule has 18 heavy (non-hydrogen) atoms. The molecule has 1 unspecified atom stereocenters. The van der Waals surface area contributed by atoms with Crippen LogP contribution in [0.5, 0.6) is 0 Å². The van der Waals surface area contributed by atoms with E-state index in [9.17, 15) is 5.26 Å². The lowest BCUT2D eigenvalue weighted by molar-refractivity contribution is 0.217. The van der Waals surface area contributed by atoms with Gasteiger partial charge in [0, 0.05) is 13.1 Å². The van der Waals surface area contributed by atoms with Gasteiger partial charge in [-0.25, -0.2) is 0 Å². The minimum absolute atomic E-state index is 0.0120. The summed E-state index contributed by atoms with van der Waals surface area (Å²) in [6, 6.07) is 12.2. The summed E-state index contributed by atoms with van der Waals surface area (Å²) >= 11 is 0. The topological polar surface area (TPSA) is 50.8 Å². The largest absolute Gasteiger partial charge is 0.369 e. The number of hydrogen-bond acceptors (Lipinski definition) is 3. The van der Waals surface area contributed by atoms with Crippen LogP contribution in [0.1, 0.15) is 25.8 Å². The summed E-state index contributed by atoms with van der Waals surface area (Å²) in [5.41, 5.74) is 1.71. The van der Waals surface area contributed by atoms with E-state index in [1.54, 1.807) is 0 Å². The Kier molecular flexibility index (Phi) is 3.26. The zero-order valence-corrected chi connectivity index (χ0v) is 10.8. The van der Waals surface area contributed by atoms with Crippen LogP contribution < -0.4 is 4.90 Å². The molecule has 0 aliphatic carbocycles. The van der Waals surface area contributed by atoms with Gasteiger partial charge < -0.3 is 4.90 Å². The first-order valence-corrected chi connectivity index (χ1v) is 6.22. The van der Waals surface area contributed by atoms with Gasteiger partial charge in [-0.3, -0.25) is 0 Å². The predicted molar refractivity (Wildman–Crippen MR) is 70.9 cm³/mol. The Hall–Kier alpha value is -2.00. The smallest absolute Gasteiger partial charge is 0.101 e. The van der Waals surface area contributed by atoms with E-state index in [0.717, 1.165) is 18.7 Å². The van der Waals surface area contributed by atoms with Gasteiger partial charge in [-0.05, 0) is 24.0 Å². The van der Waals surface area contributed by atoms with Gasteiger partial charge in [0.1, 0.15) is 6.07 Å². The van der Waals surface area contributed by atoms with Crippen LogP contribution in [0.4, 0.5) is 5.69 Å². The zero-order chi connectivity index (χ0) is 13.2. The van der Waals surface area contributed by atoms with Crippen LogP contribution in [-0.2, 0) is 0 Å². The molecule has 2 rings (SSSR count). The highest BCUT2D eigenvalue weighted by molar-refractivity contribution is 5.59. The molecule has 1 aliphatic rings. The highest BCUT2D eigenvalue weighted by Crippen LogP contribution is 2.37. The highest BCUT2D eigenvalue weighted by atomic mass is 15.1. The molecule has 1 atom stereocenters. The third-order valence-electron chi connectivity index (χ3n) is 3.89. The van der Waals surface area contributed by atoms with E-state index in [-0.39, 0.29) is 11.3 Å². The summed E-state index contributed by atoms with van der Waals surface area (Å²) in [7, 11) is 0. The second kappa shape index (κ2) is 4.70. The Bertz CT molecular complexity index is 519. The van der Waals surface area contributed by atoms with Crippen LogP contribution in [0.2, 0.25) is 0 Å². The van der Waals surface area contributed by atoms with Crippen molar-refractivity contribution in [1.82, 2.24) is 0 Å². The second-order valence-electron chi connectivity index (χ2n) is 5.50. The summed E-state index contributed by atoms with van der Waals surface area (Å²) in [6.07, 6.45) is 0.977. The first kappa shape index (κ1) is 12.5. The minimum Gasteiger partial charge on any atom is -0.369 e. The van der Waals surface area contributed by atoms with Gasteiger partial charge in [-0.2, -0.15) is 10.5 Å². The fourth-order valence-electron chi connectivity index (χ4n) is 2.43. The lowest BCUT2D eigenvalue weighted by Gasteiger charge is -2.42. The van der Waals surface area contributed by atoms with Gasteiger partial charge in [0.2, 0.25) is 0 Å². The standard InChI is InChI=1S/C15H17N3/c1-15(2)7-8-18(11-13(15)10-17)14-6-4-3-5-12(14)9-16/h3-6,13H,7-8,11H2,1-2H3. The van der Waals surface area contributed by atoms with Crippen molar-refractivity contribution in [2.24, 2.45) is 11.3 Å². The second-order valence-corrected chi connectivity index (χ2v) is 5.50. The predicted octanol–water partition coefficient (Wildman–Crippen LogP) is 2.93. The van der Waals surface area contributed by atoms with Crippen molar-refractivity contribution in [3.05, 3.63) is 29.8 Å². The van der Waals surface area contributed by atoms with Gasteiger partial charge in [0.25, 0.3) is 0 Å². The number of nitriles is 2. The van der Waals surface area contributed by atoms with Crippen LogP contribution in [-0.4, -0.2) is 13.1 Å². The fourth-order valence-corrected chi connectivity index (χ4v) is 2.43. The first-order chi connectivity index (χ1) is 8.58. The molecule has 0 amide bonds. The van der Waals surface area contributed by atoms with E-state index in [1.807, 2.05) is 24.3 Å². The molecule has 0 spiro atoms. The third-order valence-corrected chi connectivity index (χ3v) is 3.89. The van der Waals surface area contributed by atoms with Crippen LogP contribution in [0.15, 0.2) is 24.3 Å². The number of para-hydroxylation sites is 1. The van der Waals surface area contributed by atoms with E-state index in [2.05, 4.69) is 30.9 Å². The Balaban J connectivity index is 2.27. The van der Waals surface area contributed by atoms with Gasteiger partial charge in [0.15, 0.2) is 0 Å². The molecule has 0 radical (unpaired) electrons. The molecule has 1 aromatic carbocycles. The molecule has 3 heteroatoms. The summed E-state index contributed by atoms with van der Waals surface area (Å²) in [5.74, 6) is 0.0120. The monoisotopic (exact) mass is 239 g/mol. The quantitative estimate of drug-likeness (QED) is 0.757. The lowest BCUT2D eigenvalue weighted by atomic mass is 9.74. The summed E-state index contributed by atoms with van der Waals surface area (Å²) in [5, 5.41) is 18.4. The van der Waals surface area contributed by atoms with Crippen molar-refractivity contribution in [3.8, 4) is 12.1 Å². The van der Waals surface area contributed by atoms with Crippen molar-refractivity contribution in [3.63, 3.8) is 0 Å². The Morgan fingerprint density at radius 1 is 1.28 bits per heavy atom. The maximum Gasteiger partial charge on any atom is 0.101 e. The highest BCUT2D eigenvalue weighted by Gasteiger charge is 2.36. The van der Waals surface area contributed by atoms with E-state index in [1.165, 1.54) is 0 Å². The normalized spacial score (nSPS) is 22.0. The van der Waals surface area contributed by atoms with Crippen molar-refractivity contribution in [1.29, 1.82) is 10.5 Å². The van der Waals surface area contributed by atoms with Crippen LogP contribution in [0, 0.1) is 34.0 Å². The molecule has 1 aromatic rings. The van der Waals surface area contributed by atoms with Crippen molar-refractivity contribution in [2.75, 3.05) is 18.0 Å². The summed E-state index contributed by atoms with van der Waals surface area (Å²) < 4.78 is 0. The maximum absolute atomic E-state index is 9.28. The van der Waals surface area contributed by atoms with Crippen LogP contribution in [0.3, 0.4) is 0 Å². The Morgan fingerprint density at radius 2 is 2.00 bits per heavy atom. The van der Waals surface area contributed by atoms with Crippen molar-refractivity contribution >= 4 is 5.69 Å². The summed E-state index contributed by atoms with van der Waals surface area (Å²) in [6.45, 7) is 5.91. The van der Waals surface area contributed by atoms with Gasteiger partial charge >= 0.3 is 0 Å². The molecule has 92 valence electrons. The van der Waals surface area contributed by atoms with Crippen LogP contribution >= 0.6 is 0 Å². The molecule has 1 aliphatic heterocycles. The number of rotatable bonds is 1. The van der Waals surface area contributed by atoms with Crippen LogP contribution in [0.25, 0.3) is 0 Å². The first-order valence-electron chi connectivity index (χ1n) is 6.22. The van der Waals surface area contributed by atoms with E-state index in [4.69, 9.17) is 5.26 Å². The number of anilines is 1. The van der Waals surface area contributed by atoms with Crippen molar-refractivity contribution in [2.45, 2.75) is 20.3 Å². The fraction of sp³-hybridized carbons (Fsp3) is 0.467. The van der Waals surface area contributed by atoms with Crippen molar-refractivity contribution < 1.29 is 0 Å². The molecular formula is C15H17N3. The van der Waals surface area contributed by atoms with E-state index in [0.29, 0.717) is 12.1 Å². The number of benzene rings is 1. The SMILES string of the molecule is CC1(C)CCN(c2ccccc2C#N)CC1C#N. The molecule has 0 bridgehead atoms. The number of piperidine rings is 1. The minimum atomic E-state index is 0.0120. The molecule has 0 aromatic heterocycles. The van der Waals surface area contributed by atoms with E-state index < -0.39 is 0 Å². The molecule has 0 saturated carbocycles. The maximum atomic E-state index is 9.28. The van der Waals surface area contributed by atoms with Gasteiger partial charge in [-0.15, -0.1) is 0 Å². The molecule has 0 N–H and O–H groups in total. The Labute approximate surface area is 108 Å². The molecule has 1 fully saturated rings. The molecule has 1 saturated heterocycles. The Morgan fingerprint density at radius 3 is 2.67 bits per heavy atom. The van der Waals surface area contributed by atoms with Gasteiger partial charge in [-0.1, -0.05) is 26.0 Å². The average molecular weight is 239 g/mol. The lowest BCUT2D eigenvalue weighted by Crippen LogP contribution is -2.44. The molecule has 3 nitrogen and oxygen atoms in total. The molecular weight excluding hydrogens is 222 g/mol. The zero-order valence-electron chi connectivity index (χ0n) is 10.8. The third kappa shape index (κ3) is 2.17.